The molecule has 146 valence electrons. The first-order chi connectivity index (χ1) is 13.2. The van der Waals surface area contributed by atoms with E-state index in [0.29, 0.717) is 16.2 Å². The molecule has 0 radical (unpaired) electrons. The highest BCUT2D eigenvalue weighted by Gasteiger charge is 2.33. The van der Waals surface area contributed by atoms with E-state index in [-0.39, 0.29) is 12.3 Å². The topological polar surface area (TPSA) is 38.3 Å². The number of ether oxygens (including phenoxy) is 1. The summed E-state index contributed by atoms with van der Waals surface area (Å²) in [5.41, 5.74) is -0.374. The quantitative estimate of drug-likeness (QED) is 0.477. The van der Waals surface area contributed by atoms with Gasteiger partial charge in [-0.3, -0.25) is 4.79 Å². The molecule has 0 aliphatic rings. The van der Waals surface area contributed by atoms with Gasteiger partial charge in [0.05, 0.1) is 15.5 Å². The van der Waals surface area contributed by atoms with Crippen molar-refractivity contribution in [3.63, 3.8) is 0 Å². The average Bonchev–Trinajstić information content (AvgIpc) is 3.10. The summed E-state index contributed by atoms with van der Waals surface area (Å²) in [4.78, 5) is 12.6. The molecule has 0 spiro atoms. The maximum absolute atomic E-state index is 13.1. The van der Waals surface area contributed by atoms with Crippen molar-refractivity contribution < 1.29 is 27.1 Å². The third-order valence-electron chi connectivity index (χ3n) is 3.61. The Balaban J connectivity index is 1.66. The fraction of sp³-hybridized carbons (Fsp3) is 0.105. The molecule has 0 unspecified atom stereocenters. The van der Waals surface area contributed by atoms with Crippen molar-refractivity contribution in [2.24, 2.45) is 0 Å². The summed E-state index contributed by atoms with van der Waals surface area (Å²) in [6.45, 7) is 0.117. The first-order valence-electron chi connectivity index (χ1n) is 7.86. The van der Waals surface area contributed by atoms with Crippen LogP contribution in [0, 0.1) is 5.82 Å². The number of halogens is 5. The Labute approximate surface area is 166 Å². The summed E-state index contributed by atoms with van der Waals surface area (Å²) in [5, 5.41) is 3.65. The van der Waals surface area contributed by atoms with Crippen molar-refractivity contribution in [3.05, 3.63) is 80.8 Å². The van der Waals surface area contributed by atoms with Crippen molar-refractivity contribution in [2.45, 2.75) is 12.8 Å². The summed E-state index contributed by atoms with van der Waals surface area (Å²) in [6.07, 6.45) is -4.62. The monoisotopic (exact) mass is 429 g/mol. The zero-order valence-electron chi connectivity index (χ0n) is 14.0. The van der Waals surface area contributed by atoms with Gasteiger partial charge in [0.25, 0.3) is 5.91 Å². The molecule has 0 saturated heterocycles. The zero-order valence-corrected chi connectivity index (χ0v) is 15.6. The Morgan fingerprint density at radius 2 is 1.93 bits per heavy atom. The number of alkyl halides is 3. The number of nitrogens with one attached hydrogen (secondary N) is 1. The Kier molecular flexibility index (Phi) is 5.90. The van der Waals surface area contributed by atoms with Gasteiger partial charge in [-0.25, -0.2) is 4.39 Å². The molecule has 0 aliphatic carbocycles. The van der Waals surface area contributed by atoms with E-state index in [1.807, 2.05) is 0 Å². The van der Waals surface area contributed by atoms with Gasteiger partial charge in [0.15, 0.2) is 0 Å². The number of rotatable bonds is 5. The number of hydrogen-bond donors (Lipinski definition) is 1. The molecule has 0 bridgehead atoms. The van der Waals surface area contributed by atoms with Crippen LogP contribution in [0.3, 0.4) is 0 Å². The van der Waals surface area contributed by atoms with Crippen LogP contribution in [0.2, 0.25) is 5.02 Å². The van der Waals surface area contributed by atoms with Crippen LogP contribution in [-0.4, -0.2) is 5.91 Å². The van der Waals surface area contributed by atoms with Crippen molar-refractivity contribution in [2.75, 3.05) is 5.32 Å². The van der Waals surface area contributed by atoms with Gasteiger partial charge in [-0.05, 0) is 41.8 Å². The van der Waals surface area contributed by atoms with Gasteiger partial charge >= 0.3 is 6.18 Å². The minimum Gasteiger partial charge on any atom is -0.489 e. The van der Waals surface area contributed by atoms with Gasteiger partial charge in [0.2, 0.25) is 0 Å². The Morgan fingerprint density at radius 1 is 1.14 bits per heavy atom. The molecule has 0 aliphatic heterocycles. The van der Waals surface area contributed by atoms with E-state index in [4.69, 9.17) is 16.3 Å². The Bertz CT molecular complexity index is 1000. The lowest BCUT2D eigenvalue weighted by Crippen LogP contribution is -2.12. The second kappa shape index (κ2) is 8.20. The van der Waals surface area contributed by atoms with Gasteiger partial charge in [0, 0.05) is 17.3 Å². The fourth-order valence-corrected chi connectivity index (χ4v) is 3.32. The number of benzene rings is 2. The number of carbonyl (C=O) groups excluding carboxylic acids is 1. The Morgan fingerprint density at radius 3 is 2.64 bits per heavy atom. The standard InChI is InChI=1S/C19H12ClF4NO2S/c20-16-5-4-13(8-15(16)19(22,23)24)25-18(26)17-6-11(10-28-17)9-27-14-3-1-2-12(21)7-14/h1-8,10H,9H2,(H,25,26). The molecule has 0 fully saturated rings. The van der Waals surface area contributed by atoms with Crippen molar-refractivity contribution >= 4 is 34.5 Å². The molecule has 0 saturated carbocycles. The molecule has 1 N–H and O–H groups in total. The van der Waals surface area contributed by atoms with Crippen LogP contribution < -0.4 is 10.1 Å². The highest BCUT2D eigenvalue weighted by atomic mass is 35.5. The van der Waals surface area contributed by atoms with Gasteiger partial charge in [-0.1, -0.05) is 17.7 Å². The molecule has 2 aromatic carbocycles. The highest BCUT2D eigenvalue weighted by molar-refractivity contribution is 7.12. The van der Waals surface area contributed by atoms with Crippen LogP contribution in [0.15, 0.2) is 53.9 Å². The lowest BCUT2D eigenvalue weighted by Gasteiger charge is -2.11. The van der Waals surface area contributed by atoms with Crippen LogP contribution in [0.5, 0.6) is 5.75 Å². The number of thiophene rings is 1. The Hall–Kier alpha value is -2.58. The summed E-state index contributed by atoms with van der Waals surface area (Å²) >= 11 is 6.68. The van der Waals surface area contributed by atoms with E-state index >= 15 is 0 Å². The van der Waals surface area contributed by atoms with Crippen LogP contribution in [0.25, 0.3) is 0 Å². The summed E-state index contributed by atoms with van der Waals surface area (Å²) in [5.74, 6) is -0.639. The lowest BCUT2D eigenvalue weighted by molar-refractivity contribution is -0.137. The summed E-state index contributed by atoms with van der Waals surface area (Å²) < 4.78 is 57.3. The number of hydrogen-bond acceptors (Lipinski definition) is 3. The minimum atomic E-state index is -4.62. The third-order valence-corrected chi connectivity index (χ3v) is 4.92. The molecular weight excluding hydrogens is 418 g/mol. The second-order valence-corrected chi connectivity index (χ2v) is 7.03. The maximum atomic E-state index is 13.1. The normalized spacial score (nSPS) is 11.3. The largest absolute Gasteiger partial charge is 0.489 e. The summed E-state index contributed by atoms with van der Waals surface area (Å²) in [6, 6.07) is 10.3. The van der Waals surface area contributed by atoms with Crippen LogP contribution in [0.1, 0.15) is 20.8 Å². The molecule has 1 amide bonds. The molecule has 1 heterocycles. The SMILES string of the molecule is O=C(Nc1ccc(Cl)c(C(F)(F)F)c1)c1cc(COc2cccc(F)c2)cs1. The van der Waals surface area contributed by atoms with E-state index < -0.39 is 28.5 Å². The maximum Gasteiger partial charge on any atom is 0.417 e. The van der Waals surface area contributed by atoms with Crippen molar-refractivity contribution in [3.8, 4) is 5.75 Å². The molecule has 3 nitrogen and oxygen atoms in total. The van der Waals surface area contributed by atoms with Crippen molar-refractivity contribution in [1.82, 2.24) is 0 Å². The van der Waals surface area contributed by atoms with E-state index in [1.54, 1.807) is 17.5 Å². The van der Waals surface area contributed by atoms with Gasteiger partial charge < -0.3 is 10.1 Å². The van der Waals surface area contributed by atoms with E-state index in [2.05, 4.69) is 5.32 Å². The third kappa shape index (κ3) is 5.02. The van der Waals surface area contributed by atoms with Gasteiger partial charge in [-0.15, -0.1) is 11.3 Å². The first kappa shape index (κ1) is 20.2. The lowest BCUT2D eigenvalue weighted by atomic mass is 10.2. The van der Waals surface area contributed by atoms with Gasteiger partial charge in [0.1, 0.15) is 18.2 Å². The number of carbonyl (C=O) groups is 1. The number of amides is 1. The first-order valence-corrected chi connectivity index (χ1v) is 9.12. The van der Waals surface area contributed by atoms with Crippen molar-refractivity contribution in [1.29, 1.82) is 0 Å². The molecule has 28 heavy (non-hydrogen) atoms. The number of anilines is 1. The van der Waals surface area contributed by atoms with E-state index in [9.17, 15) is 22.4 Å². The van der Waals surface area contributed by atoms with Gasteiger partial charge in [-0.2, -0.15) is 13.2 Å². The summed E-state index contributed by atoms with van der Waals surface area (Å²) in [7, 11) is 0. The molecule has 3 rings (SSSR count). The van der Waals surface area contributed by atoms with E-state index in [1.165, 1.54) is 24.3 Å². The molecule has 9 heteroatoms. The van der Waals surface area contributed by atoms with Crippen LogP contribution >= 0.6 is 22.9 Å². The minimum absolute atomic E-state index is 0.0207. The van der Waals surface area contributed by atoms with Crippen LogP contribution in [0.4, 0.5) is 23.2 Å². The van der Waals surface area contributed by atoms with Crippen LogP contribution in [-0.2, 0) is 12.8 Å². The second-order valence-electron chi connectivity index (χ2n) is 5.71. The molecule has 1 aromatic heterocycles. The van der Waals surface area contributed by atoms with E-state index in [0.717, 1.165) is 23.5 Å². The predicted molar refractivity (Wildman–Crippen MR) is 99.5 cm³/mol. The highest BCUT2D eigenvalue weighted by Crippen LogP contribution is 2.36. The smallest absolute Gasteiger partial charge is 0.417 e. The molecular formula is C19H12ClF4NO2S. The molecule has 3 aromatic rings. The fourth-order valence-electron chi connectivity index (χ4n) is 2.31. The zero-order chi connectivity index (χ0) is 20.3. The average molecular weight is 430 g/mol. The predicted octanol–water partition coefficient (Wildman–Crippen LogP) is 6.39. The molecule has 0 atom stereocenters.